The number of unbranched alkanes of at least 4 members (excludes halogenated alkanes) is 1. The molecule has 2 aromatic rings. The Bertz CT molecular complexity index is 846. The Kier molecular flexibility index (Phi) is 7.66. The number of carbonyl (C=O) groups excluding carboxylic acids is 2. The summed E-state index contributed by atoms with van der Waals surface area (Å²) in [7, 11) is 0. The van der Waals surface area contributed by atoms with E-state index in [2.05, 4.69) is 10.6 Å². The van der Waals surface area contributed by atoms with Gasteiger partial charge in [0, 0.05) is 30.6 Å². The predicted octanol–water partition coefficient (Wildman–Crippen LogP) is 2.07. The largest absolute Gasteiger partial charge is 0.508 e. The highest BCUT2D eigenvalue weighted by Gasteiger charge is 2.10. The van der Waals surface area contributed by atoms with Gasteiger partial charge in [-0.3, -0.25) is 4.79 Å². The van der Waals surface area contributed by atoms with Crippen LogP contribution in [0, 0.1) is 0 Å². The van der Waals surface area contributed by atoms with E-state index >= 15 is 0 Å². The number of hydrogen-bond acceptors (Lipinski definition) is 6. The molecule has 0 unspecified atom stereocenters. The molecule has 0 aliphatic heterocycles. The van der Waals surface area contributed by atoms with Crippen molar-refractivity contribution in [1.29, 1.82) is 0 Å². The third kappa shape index (κ3) is 6.65. The van der Waals surface area contributed by atoms with Crippen LogP contribution in [0.1, 0.15) is 31.7 Å². The zero-order valence-electron chi connectivity index (χ0n) is 15.2. The summed E-state index contributed by atoms with van der Waals surface area (Å²) in [6.07, 6.45) is 1.90. The molecule has 3 N–H and O–H groups in total. The lowest BCUT2D eigenvalue weighted by Gasteiger charge is -2.08. The second-order valence-electron chi connectivity index (χ2n) is 6.07. The highest BCUT2D eigenvalue weighted by Crippen LogP contribution is 2.22. The van der Waals surface area contributed by atoms with Crippen LogP contribution in [0.5, 0.6) is 5.75 Å². The summed E-state index contributed by atoms with van der Waals surface area (Å²) >= 11 is 0. The van der Waals surface area contributed by atoms with E-state index in [9.17, 15) is 19.5 Å². The van der Waals surface area contributed by atoms with Gasteiger partial charge in [0.1, 0.15) is 11.3 Å². The Morgan fingerprint density at radius 3 is 2.70 bits per heavy atom. The van der Waals surface area contributed by atoms with Crippen LogP contribution in [-0.4, -0.2) is 36.8 Å². The van der Waals surface area contributed by atoms with Gasteiger partial charge in [-0.05, 0) is 30.5 Å². The zero-order chi connectivity index (χ0) is 19.6. The van der Waals surface area contributed by atoms with Crippen molar-refractivity contribution in [1.82, 2.24) is 10.6 Å². The molecular weight excluding hydrogens is 352 g/mol. The predicted molar refractivity (Wildman–Crippen MR) is 99.7 cm³/mol. The summed E-state index contributed by atoms with van der Waals surface area (Å²) in [4.78, 5) is 35.1. The third-order valence-electron chi connectivity index (χ3n) is 3.84. The number of ether oxygens (including phenoxy) is 1. The molecule has 0 saturated heterocycles. The van der Waals surface area contributed by atoms with Crippen molar-refractivity contribution < 1.29 is 23.8 Å². The van der Waals surface area contributed by atoms with Gasteiger partial charge < -0.3 is 24.9 Å². The van der Waals surface area contributed by atoms with Gasteiger partial charge in [-0.15, -0.1) is 0 Å². The van der Waals surface area contributed by atoms with Crippen LogP contribution in [-0.2, 0) is 16.0 Å². The Morgan fingerprint density at radius 2 is 1.93 bits per heavy atom. The number of carbonyl (C=O) groups is 2. The molecule has 1 heterocycles. The van der Waals surface area contributed by atoms with Gasteiger partial charge in [0.2, 0.25) is 5.91 Å². The molecule has 1 aromatic heterocycles. The minimum atomic E-state index is -0.582. The van der Waals surface area contributed by atoms with Gasteiger partial charge in [0.15, 0.2) is 0 Å². The second kappa shape index (κ2) is 10.2. The Labute approximate surface area is 156 Å². The SMILES string of the molecule is CCCCOC(=O)NCCCNC(=O)Cc1cc(=O)oc2cc(O)ccc12. The number of amides is 2. The fraction of sp³-hybridized carbons (Fsp3) is 0.421. The van der Waals surface area contributed by atoms with Gasteiger partial charge >= 0.3 is 11.7 Å². The first-order valence-electron chi connectivity index (χ1n) is 8.92. The quantitative estimate of drug-likeness (QED) is 0.455. The molecule has 0 fully saturated rings. The van der Waals surface area contributed by atoms with Crippen molar-refractivity contribution >= 4 is 23.0 Å². The van der Waals surface area contributed by atoms with E-state index in [0.29, 0.717) is 37.1 Å². The first-order chi connectivity index (χ1) is 13.0. The van der Waals surface area contributed by atoms with Crippen molar-refractivity contribution in [2.75, 3.05) is 19.7 Å². The van der Waals surface area contributed by atoms with E-state index in [4.69, 9.17) is 9.15 Å². The van der Waals surface area contributed by atoms with E-state index in [1.165, 1.54) is 18.2 Å². The molecule has 8 nitrogen and oxygen atoms in total. The summed E-state index contributed by atoms with van der Waals surface area (Å²) in [6.45, 7) is 3.19. The van der Waals surface area contributed by atoms with Gasteiger partial charge in [0.05, 0.1) is 13.0 Å². The number of phenolic OH excluding ortho intramolecular Hbond substituents is 1. The van der Waals surface area contributed by atoms with Crippen LogP contribution in [0.2, 0.25) is 0 Å². The molecular formula is C19H24N2O6. The highest BCUT2D eigenvalue weighted by molar-refractivity contribution is 5.87. The van der Waals surface area contributed by atoms with Crippen LogP contribution < -0.4 is 16.3 Å². The average molecular weight is 376 g/mol. The third-order valence-corrected chi connectivity index (χ3v) is 3.84. The Balaban J connectivity index is 1.77. The monoisotopic (exact) mass is 376 g/mol. The molecule has 146 valence electrons. The first-order valence-corrected chi connectivity index (χ1v) is 8.92. The smallest absolute Gasteiger partial charge is 0.407 e. The standard InChI is InChI=1S/C19H24N2O6/c1-2-3-9-26-19(25)21-8-4-7-20-17(23)10-13-11-18(24)27-16-12-14(22)5-6-15(13)16/h5-6,11-12,22H,2-4,7-10H2,1H3,(H,20,23)(H,21,25). The van der Waals surface area contributed by atoms with Crippen molar-refractivity contribution in [3.8, 4) is 5.75 Å². The number of fused-ring (bicyclic) bond motifs is 1. The maximum atomic E-state index is 12.1. The first kappa shape index (κ1) is 20.3. The van der Waals surface area contributed by atoms with Crippen LogP contribution in [0.15, 0.2) is 33.5 Å². The zero-order valence-corrected chi connectivity index (χ0v) is 15.2. The molecule has 8 heteroatoms. The number of benzene rings is 1. The molecule has 0 aliphatic rings. The molecule has 0 saturated carbocycles. The van der Waals surface area contributed by atoms with E-state index in [0.717, 1.165) is 12.8 Å². The van der Waals surface area contributed by atoms with Crippen molar-refractivity contribution in [3.05, 3.63) is 40.2 Å². The number of aromatic hydroxyl groups is 1. The van der Waals surface area contributed by atoms with Crippen molar-refractivity contribution in [3.63, 3.8) is 0 Å². The van der Waals surface area contributed by atoms with Crippen LogP contribution in [0.3, 0.4) is 0 Å². The van der Waals surface area contributed by atoms with Crippen LogP contribution in [0.4, 0.5) is 4.79 Å². The molecule has 0 bridgehead atoms. The van der Waals surface area contributed by atoms with E-state index in [-0.39, 0.29) is 23.7 Å². The number of hydrogen-bond donors (Lipinski definition) is 3. The lowest BCUT2D eigenvalue weighted by molar-refractivity contribution is -0.120. The van der Waals surface area contributed by atoms with Crippen molar-refractivity contribution in [2.24, 2.45) is 0 Å². The number of rotatable bonds is 9. The maximum Gasteiger partial charge on any atom is 0.407 e. The lowest BCUT2D eigenvalue weighted by atomic mass is 10.1. The van der Waals surface area contributed by atoms with Crippen molar-refractivity contribution in [2.45, 2.75) is 32.6 Å². The second-order valence-corrected chi connectivity index (χ2v) is 6.07. The fourth-order valence-corrected chi connectivity index (χ4v) is 2.47. The Hall–Kier alpha value is -3.03. The summed E-state index contributed by atoms with van der Waals surface area (Å²) in [5.41, 5.74) is 0.175. The summed E-state index contributed by atoms with van der Waals surface area (Å²) < 4.78 is 9.99. The van der Waals surface area contributed by atoms with Gasteiger partial charge in [-0.1, -0.05) is 13.3 Å². The van der Waals surface area contributed by atoms with Gasteiger partial charge in [-0.2, -0.15) is 0 Å². The summed E-state index contributed by atoms with van der Waals surface area (Å²) in [5.74, 6) is -0.270. The molecule has 0 atom stereocenters. The van der Waals surface area contributed by atoms with Crippen LogP contribution >= 0.6 is 0 Å². The van der Waals surface area contributed by atoms with E-state index in [1.807, 2.05) is 6.92 Å². The molecule has 2 rings (SSSR count). The fourth-order valence-electron chi connectivity index (χ4n) is 2.47. The van der Waals surface area contributed by atoms with E-state index in [1.54, 1.807) is 6.07 Å². The summed E-state index contributed by atoms with van der Waals surface area (Å²) in [5, 5.41) is 15.4. The van der Waals surface area contributed by atoms with Gasteiger partial charge in [-0.25, -0.2) is 9.59 Å². The highest BCUT2D eigenvalue weighted by atomic mass is 16.5. The Morgan fingerprint density at radius 1 is 1.15 bits per heavy atom. The molecule has 0 spiro atoms. The topological polar surface area (TPSA) is 118 Å². The molecule has 0 radical (unpaired) electrons. The average Bonchev–Trinajstić information content (AvgIpc) is 2.61. The van der Waals surface area contributed by atoms with Crippen LogP contribution in [0.25, 0.3) is 11.0 Å². The molecule has 2 amide bonds. The number of alkyl carbamates (subject to hydrolysis) is 1. The number of phenols is 1. The lowest BCUT2D eigenvalue weighted by Crippen LogP contribution is -2.31. The molecule has 1 aromatic carbocycles. The minimum Gasteiger partial charge on any atom is -0.508 e. The summed E-state index contributed by atoms with van der Waals surface area (Å²) in [6, 6.07) is 5.68. The number of nitrogens with one attached hydrogen (secondary N) is 2. The van der Waals surface area contributed by atoms with E-state index < -0.39 is 11.7 Å². The normalized spacial score (nSPS) is 10.6. The molecule has 27 heavy (non-hydrogen) atoms. The van der Waals surface area contributed by atoms with Gasteiger partial charge in [0.25, 0.3) is 0 Å². The maximum absolute atomic E-state index is 12.1. The minimum absolute atomic E-state index is 0.0133. The molecule has 0 aliphatic carbocycles.